The zero-order valence-corrected chi connectivity index (χ0v) is 17.1. The van der Waals surface area contributed by atoms with Crippen LogP contribution in [0.2, 0.25) is 0 Å². The maximum absolute atomic E-state index is 13.5. The molecule has 4 atom stereocenters. The number of imide groups is 1. The number of hydrogen-bond donors (Lipinski definition) is 0. The minimum Gasteiger partial charge on any atom is -0.467 e. The van der Waals surface area contributed by atoms with Gasteiger partial charge in [-0.05, 0) is 41.5 Å². The molecule has 2 aromatic carbocycles. The number of fused-ring (bicyclic) bond motifs is 5. The van der Waals surface area contributed by atoms with Gasteiger partial charge in [-0.2, -0.15) is 0 Å². The summed E-state index contributed by atoms with van der Waals surface area (Å²) in [6, 6.07) is 13.5. The van der Waals surface area contributed by atoms with Crippen LogP contribution in [0.15, 0.2) is 59.2 Å². The number of esters is 1. The van der Waals surface area contributed by atoms with Crippen molar-refractivity contribution in [2.24, 2.45) is 11.8 Å². The molecule has 2 fully saturated rings. The Labute approximate surface area is 175 Å². The Morgan fingerprint density at radius 1 is 1.00 bits per heavy atom. The molecule has 146 valence electrons. The van der Waals surface area contributed by atoms with Crippen molar-refractivity contribution < 1.29 is 19.1 Å². The highest BCUT2D eigenvalue weighted by Crippen LogP contribution is 2.53. The van der Waals surface area contributed by atoms with Gasteiger partial charge in [0, 0.05) is 10.7 Å². The second-order valence-electron chi connectivity index (χ2n) is 7.34. The molecule has 0 aliphatic carbocycles. The molecule has 2 aromatic rings. The van der Waals surface area contributed by atoms with Crippen molar-refractivity contribution in [2.45, 2.75) is 12.1 Å². The third-order valence-electron chi connectivity index (χ3n) is 5.99. The van der Waals surface area contributed by atoms with Crippen LogP contribution < -0.4 is 4.90 Å². The van der Waals surface area contributed by atoms with Gasteiger partial charge in [0.2, 0.25) is 11.8 Å². The van der Waals surface area contributed by atoms with Crippen molar-refractivity contribution in [1.82, 2.24) is 4.90 Å². The summed E-state index contributed by atoms with van der Waals surface area (Å²) < 4.78 is 5.87. The summed E-state index contributed by atoms with van der Waals surface area (Å²) in [4.78, 5) is 42.6. The lowest BCUT2D eigenvalue weighted by Gasteiger charge is -2.34. The zero-order chi connectivity index (χ0) is 20.3. The van der Waals surface area contributed by atoms with Crippen LogP contribution in [0.1, 0.15) is 17.2 Å². The van der Waals surface area contributed by atoms with Crippen LogP contribution in [-0.4, -0.2) is 35.8 Å². The third-order valence-corrected chi connectivity index (χ3v) is 6.52. The average molecular weight is 453 g/mol. The summed E-state index contributed by atoms with van der Waals surface area (Å²) in [5.41, 5.74) is 2.43. The topological polar surface area (TPSA) is 66.9 Å². The quantitative estimate of drug-likeness (QED) is 0.517. The minimum atomic E-state index is -0.837. The molecule has 29 heavy (non-hydrogen) atoms. The highest BCUT2D eigenvalue weighted by Gasteiger charge is 2.65. The van der Waals surface area contributed by atoms with E-state index in [0.717, 1.165) is 15.6 Å². The molecule has 5 rings (SSSR count). The number of hydrogen-bond acceptors (Lipinski definition) is 5. The van der Waals surface area contributed by atoms with E-state index in [1.807, 2.05) is 35.2 Å². The lowest BCUT2D eigenvalue weighted by atomic mass is 9.84. The van der Waals surface area contributed by atoms with Crippen LogP contribution >= 0.6 is 15.9 Å². The van der Waals surface area contributed by atoms with E-state index in [4.69, 9.17) is 4.74 Å². The first-order valence-corrected chi connectivity index (χ1v) is 10.1. The van der Waals surface area contributed by atoms with Crippen molar-refractivity contribution >= 4 is 45.5 Å². The first kappa shape index (κ1) is 18.1. The normalized spacial score (nSPS) is 27.0. The van der Waals surface area contributed by atoms with E-state index in [1.165, 1.54) is 12.0 Å². The van der Waals surface area contributed by atoms with Gasteiger partial charge in [0.25, 0.3) is 0 Å². The molecule has 2 amide bonds. The number of halogens is 1. The number of methoxy groups -OCH3 is 1. The molecule has 0 aromatic heterocycles. The molecule has 0 N–H and O–H groups in total. The number of anilines is 1. The Morgan fingerprint density at radius 3 is 2.41 bits per heavy atom. The van der Waals surface area contributed by atoms with E-state index >= 15 is 0 Å². The highest BCUT2D eigenvalue weighted by atomic mass is 79.9. The summed E-state index contributed by atoms with van der Waals surface area (Å²) in [6.45, 7) is 0. The zero-order valence-electron chi connectivity index (χ0n) is 15.5. The lowest BCUT2D eigenvalue weighted by molar-refractivity contribution is -0.148. The van der Waals surface area contributed by atoms with E-state index in [2.05, 4.69) is 15.9 Å². The molecule has 2 saturated heterocycles. The van der Waals surface area contributed by atoms with E-state index in [0.29, 0.717) is 5.69 Å². The van der Waals surface area contributed by atoms with Gasteiger partial charge in [0.15, 0.2) is 0 Å². The monoisotopic (exact) mass is 452 g/mol. The molecular formula is C22H17BrN2O4. The first-order chi connectivity index (χ1) is 14.0. The summed E-state index contributed by atoms with van der Waals surface area (Å²) in [7, 11) is 1.31. The molecule has 0 radical (unpaired) electrons. The van der Waals surface area contributed by atoms with Gasteiger partial charge in [-0.1, -0.05) is 40.2 Å². The number of carbonyl (C=O) groups is 3. The Kier molecular flexibility index (Phi) is 4.10. The predicted octanol–water partition coefficient (Wildman–Crippen LogP) is 3.14. The summed E-state index contributed by atoms with van der Waals surface area (Å²) in [6.07, 6.45) is 3.71. The molecule has 6 nitrogen and oxygen atoms in total. The number of nitrogens with zero attached hydrogens (tertiary/aromatic N) is 2. The summed E-state index contributed by atoms with van der Waals surface area (Å²) in [5, 5.41) is 0. The smallest absolute Gasteiger partial charge is 0.329 e. The maximum atomic E-state index is 13.5. The van der Waals surface area contributed by atoms with Crippen molar-refractivity contribution in [3.05, 3.63) is 70.3 Å². The molecule has 0 bridgehead atoms. The fourth-order valence-electron chi connectivity index (χ4n) is 4.79. The van der Waals surface area contributed by atoms with E-state index < -0.39 is 23.8 Å². The van der Waals surface area contributed by atoms with Gasteiger partial charge in [0.05, 0.1) is 30.7 Å². The largest absolute Gasteiger partial charge is 0.467 e. The van der Waals surface area contributed by atoms with Crippen LogP contribution in [-0.2, 0) is 19.1 Å². The number of carbonyl (C=O) groups excluding carboxylic acids is 3. The van der Waals surface area contributed by atoms with Crippen molar-refractivity contribution in [1.29, 1.82) is 0 Å². The number of benzene rings is 2. The van der Waals surface area contributed by atoms with E-state index in [-0.39, 0.29) is 17.9 Å². The molecule has 3 aliphatic rings. The van der Waals surface area contributed by atoms with Crippen molar-refractivity contribution in [2.75, 3.05) is 12.0 Å². The van der Waals surface area contributed by atoms with Gasteiger partial charge in [-0.25, -0.2) is 9.69 Å². The van der Waals surface area contributed by atoms with Crippen LogP contribution in [0, 0.1) is 11.8 Å². The van der Waals surface area contributed by atoms with Gasteiger partial charge in [-0.3, -0.25) is 9.59 Å². The summed E-state index contributed by atoms with van der Waals surface area (Å²) in [5.74, 6) is -2.60. The Bertz CT molecular complexity index is 1060. The van der Waals surface area contributed by atoms with Crippen LogP contribution in [0.3, 0.4) is 0 Å². The summed E-state index contributed by atoms with van der Waals surface area (Å²) >= 11 is 3.37. The van der Waals surface area contributed by atoms with Crippen molar-refractivity contribution in [3.8, 4) is 0 Å². The Morgan fingerprint density at radius 2 is 1.69 bits per heavy atom. The van der Waals surface area contributed by atoms with Crippen LogP contribution in [0.25, 0.3) is 6.08 Å². The lowest BCUT2D eigenvalue weighted by Crippen LogP contribution is -2.44. The van der Waals surface area contributed by atoms with Crippen LogP contribution in [0.4, 0.5) is 5.69 Å². The SMILES string of the molecule is COC(=O)[C@@H]1[C@H]2C(=O)N(c3ccc(Br)cc3)C(=O)[C@H]2[C@@H]2c3ccccc3C=CN12. The number of ether oxygens (including phenoxy) is 1. The molecular weight excluding hydrogens is 436 g/mol. The first-order valence-electron chi connectivity index (χ1n) is 9.28. The fraction of sp³-hybridized carbons (Fsp3) is 0.227. The molecule has 7 heteroatoms. The maximum Gasteiger partial charge on any atom is 0.329 e. The van der Waals surface area contributed by atoms with E-state index in [1.54, 1.807) is 30.5 Å². The van der Waals surface area contributed by atoms with Gasteiger partial charge in [-0.15, -0.1) is 0 Å². The van der Waals surface area contributed by atoms with E-state index in [9.17, 15) is 14.4 Å². The second-order valence-corrected chi connectivity index (χ2v) is 8.26. The molecule has 3 aliphatic heterocycles. The minimum absolute atomic E-state index is 0.283. The average Bonchev–Trinajstić information content (AvgIpc) is 3.21. The standard InChI is InChI=1S/C22H17BrN2O4/c1-29-22(28)19-17-16(18-15-5-3-2-4-12(15)10-11-24(18)19)20(26)25(21(17)27)14-8-6-13(23)7-9-14/h2-11,16-19H,1H3/t16-,17+,18+,19+/m1/s1. The fourth-order valence-corrected chi connectivity index (χ4v) is 5.06. The van der Waals surface area contributed by atoms with Crippen LogP contribution in [0.5, 0.6) is 0 Å². The highest BCUT2D eigenvalue weighted by molar-refractivity contribution is 9.10. The Balaban J connectivity index is 1.65. The van der Waals surface area contributed by atoms with Gasteiger partial charge in [0.1, 0.15) is 6.04 Å². The number of amides is 2. The van der Waals surface area contributed by atoms with Gasteiger partial charge >= 0.3 is 5.97 Å². The Hall–Kier alpha value is -2.93. The molecule has 3 heterocycles. The third kappa shape index (κ3) is 2.50. The van der Waals surface area contributed by atoms with Crippen molar-refractivity contribution in [3.63, 3.8) is 0 Å². The van der Waals surface area contributed by atoms with Gasteiger partial charge < -0.3 is 9.64 Å². The molecule has 0 spiro atoms. The molecule has 0 saturated carbocycles. The number of rotatable bonds is 2. The predicted molar refractivity (Wildman–Crippen MR) is 109 cm³/mol. The second kappa shape index (κ2) is 6.56. The molecule has 0 unspecified atom stereocenters.